The second-order valence-corrected chi connectivity index (χ2v) is 11.9. The van der Waals surface area contributed by atoms with Crippen LogP contribution in [0.15, 0.2) is 60.7 Å². The van der Waals surface area contributed by atoms with Crippen LogP contribution in [0.4, 0.5) is 0 Å². The van der Waals surface area contributed by atoms with Crippen molar-refractivity contribution >= 4 is 50.6 Å². The van der Waals surface area contributed by atoms with Gasteiger partial charge in [0, 0.05) is 10.7 Å². The fourth-order valence-electron chi connectivity index (χ4n) is 3.33. The number of hydrogen-bond acceptors (Lipinski definition) is 1. The Morgan fingerprint density at radius 2 is 1.26 bits per heavy atom. The van der Waals surface area contributed by atoms with Gasteiger partial charge in [0.25, 0.3) is 8.32 Å². The lowest BCUT2D eigenvalue weighted by Crippen LogP contribution is -2.65. The highest BCUT2D eigenvalue weighted by Gasteiger charge is 2.50. The van der Waals surface area contributed by atoms with Crippen LogP contribution in [-0.2, 0) is 0 Å². The van der Waals surface area contributed by atoms with E-state index in [9.17, 15) is 4.80 Å². The molecule has 2 aromatic rings. The zero-order chi connectivity index (χ0) is 16.9. The second-order valence-electron chi connectivity index (χ2n) is 6.71. The molecule has 0 heterocycles. The van der Waals surface area contributed by atoms with E-state index in [1.807, 2.05) is 36.4 Å². The predicted octanol–water partition coefficient (Wildman–Crippen LogP) is 4.31. The molecule has 0 amide bonds. The number of halogens is 2. The molecule has 0 bridgehead atoms. The Morgan fingerprint density at radius 1 is 0.870 bits per heavy atom. The zero-order valence-electron chi connectivity index (χ0n) is 13.7. The molecule has 0 aliphatic heterocycles. The maximum atomic E-state index is 12.0. The molecule has 0 atom stereocenters. The Balaban J connectivity index is 2.54. The van der Waals surface area contributed by atoms with E-state index in [4.69, 9.17) is 0 Å². The largest absolute Gasteiger partial charge is 0.424 e. The molecule has 23 heavy (non-hydrogen) atoms. The molecule has 0 radical (unpaired) electrons. The lowest BCUT2D eigenvalue weighted by Gasteiger charge is -2.42. The van der Waals surface area contributed by atoms with Crippen LogP contribution in [0.2, 0.25) is 5.04 Å². The molecular formula is C19H24Br2OSi. The summed E-state index contributed by atoms with van der Waals surface area (Å²) in [6.45, 7) is 4.44. The predicted molar refractivity (Wildman–Crippen MR) is 110 cm³/mol. The zero-order valence-corrected chi connectivity index (χ0v) is 17.8. The summed E-state index contributed by atoms with van der Waals surface area (Å²) in [6.07, 6.45) is 0.968. The summed E-state index contributed by atoms with van der Waals surface area (Å²) in [4.78, 5) is 12.0. The van der Waals surface area contributed by atoms with E-state index in [1.54, 1.807) is 0 Å². The summed E-state index contributed by atoms with van der Waals surface area (Å²) in [6, 6.07) is 20.5. The Hall–Kier alpha value is -0.423. The first-order valence-corrected chi connectivity index (χ1v) is 12.1. The molecule has 0 unspecified atom stereocenters. The smallest absolute Gasteiger partial charge is 0.258 e. The van der Waals surface area contributed by atoms with Crippen LogP contribution in [0.25, 0.3) is 0 Å². The lowest BCUT2D eigenvalue weighted by molar-refractivity contribution is 0.424. The third kappa shape index (κ3) is 3.98. The number of hydrogen-bond donors (Lipinski definition) is 1. The minimum Gasteiger partial charge on any atom is -0.424 e. The number of benzene rings is 2. The van der Waals surface area contributed by atoms with Gasteiger partial charge in [0.1, 0.15) is 0 Å². The Morgan fingerprint density at radius 3 is 1.61 bits per heavy atom. The summed E-state index contributed by atoms with van der Waals surface area (Å²) < 4.78 is 0. The van der Waals surface area contributed by atoms with Gasteiger partial charge < -0.3 is 4.80 Å². The third-order valence-electron chi connectivity index (χ3n) is 4.60. The van der Waals surface area contributed by atoms with Gasteiger partial charge in [-0.25, -0.2) is 0 Å². The van der Waals surface area contributed by atoms with E-state index in [1.165, 1.54) is 0 Å². The first-order valence-electron chi connectivity index (χ1n) is 7.91. The van der Waals surface area contributed by atoms with Crippen LogP contribution < -0.4 is 10.4 Å². The van der Waals surface area contributed by atoms with Crippen molar-refractivity contribution in [2.45, 2.75) is 25.3 Å². The second kappa shape index (κ2) is 8.10. The van der Waals surface area contributed by atoms with Crippen LogP contribution in [0.3, 0.4) is 0 Å². The van der Waals surface area contributed by atoms with Crippen LogP contribution in [-0.4, -0.2) is 23.8 Å². The average molecular weight is 456 g/mol. The molecule has 124 valence electrons. The highest BCUT2D eigenvalue weighted by molar-refractivity contribution is 9.09. The Kier molecular flexibility index (Phi) is 6.66. The van der Waals surface area contributed by atoms with Gasteiger partial charge in [-0.1, -0.05) is 106 Å². The van der Waals surface area contributed by atoms with Crippen molar-refractivity contribution in [2.24, 2.45) is 5.92 Å². The van der Waals surface area contributed by atoms with Crippen molar-refractivity contribution in [3.05, 3.63) is 60.7 Å². The van der Waals surface area contributed by atoms with Gasteiger partial charge in [-0.15, -0.1) is 0 Å². The molecule has 0 saturated carbocycles. The molecule has 0 aromatic heterocycles. The van der Waals surface area contributed by atoms with E-state index < -0.39 is 8.32 Å². The third-order valence-corrected chi connectivity index (χ3v) is 10.9. The van der Waals surface area contributed by atoms with Crippen molar-refractivity contribution in [1.29, 1.82) is 0 Å². The average Bonchev–Trinajstić information content (AvgIpc) is 2.60. The Bertz CT molecular complexity index is 558. The molecule has 4 heteroatoms. The van der Waals surface area contributed by atoms with Crippen molar-refractivity contribution < 1.29 is 4.80 Å². The van der Waals surface area contributed by atoms with Crippen LogP contribution >= 0.6 is 31.9 Å². The molecular weight excluding hydrogens is 432 g/mol. The summed E-state index contributed by atoms with van der Waals surface area (Å²) in [7, 11) is -2.87. The van der Waals surface area contributed by atoms with E-state index >= 15 is 0 Å². The highest BCUT2D eigenvalue weighted by Crippen LogP contribution is 2.42. The minimum absolute atomic E-state index is 0.179. The summed E-state index contributed by atoms with van der Waals surface area (Å²) in [5.74, 6) is 0.497. The van der Waals surface area contributed by atoms with E-state index in [-0.39, 0.29) is 5.04 Å². The van der Waals surface area contributed by atoms with Gasteiger partial charge in [-0.2, -0.15) is 0 Å². The maximum Gasteiger partial charge on any atom is 0.258 e. The first-order chi connectivity index (χ1) is 11.0. The van der Waals surface area contributed by atoms with Crippen molar-refractivity contribution in [1.82, 2.24) is 0 Å². The van der Waals surface area contributed by atoms with E-state index in [0.717, 1.165) is 27.5 Å². The van der Waals surface area contributed by atoms with Gasteiger partial charge in [-0.05, 0) is 27.8 Å². The van der Waals surface area contributed by atoms with Crippen LogP contribution in [0.5, 0.6) is 0 Å². The maximum absolute atomic E-state index is 12.0. The standard InChI is InChI=1S/C19H24Br2OSi/c1-19(2,13-16(14-20)15-21)23(22,17-9-5-3-6-10-17)18-11-7-4-8-12-18/h3-12,16,22H,13-15H2,1-2H3. The molecule has 2 rings (SSSR count). The summed E-state index contributed by atoms with van der Waals surface area (Å²) in [5.41, 5.74) is 0. The minimum atomic E-state index is -2.87. The Labute approximate surface area is 157 Å². The number of rotatable bonds is 7. The van der Waals surface area contributed by atoms with Gasteiger partial charge in [0.15, 0.2) is 0 Å². The molecule has 1 N–H and O–H groups in total. The van der Waals surface area contributed by atoms with Gasteiger partial charge >= 0.3 is 0 Å². The highest BCUT2D eigenvalue weighted by atomic mass is 79.9. The van der Waals surface area contributed by atoms with Crippen LogP contribution in [0.1, 0.15) is 20.3 Å². The van der Waals surface area contributed by atoms with Crippen molar-refractivity contribution in [2.75, 3.05) is 10.7 Å². The molecule has 2 aromatic carbocycles. The molecule has 0 fully saturated rings. The molecule has 0 aliphatic rings. The van der Waals surface area contributed by atoms with Gasteiger partial charge in [0.05, 0.1) is 0 Å². The lowest BCUT2D eigenvalue weighted by atomic mass is 9.99. The van der Waals surface area contributed by atoms with Crippen molar-refractivity contribution in [3.63, 3.8) is 0 Å². The monoisotopic (exact) mass is 454 g/mol. The van der Waals surface area contributed by atoms with Crippen LogP contribution in [0, 0.1) is 5.92 Å². The van der Waals surface area contributed by atoms with E-state index in [0.29, 0.717) is 5.92 Å². The molecule has 0 aliphatic carbocycles. The fraction of sp³-hybridized carbons (Fsp3) is 0.368. The fourth-order valence-corrected chi connectivity index (χ4v) is 8.69. The van der Waals surface area contributed by atoms with E-state index in [2.05, 4.69) is 70.0 Å². The van der Waals surface area contributed by atoms with Gasteiger partial charge in [-0.3, -0.25) is 0 Å². The topological polar surface area (TPSA) is 20.2 Å². The normalized spacial score (nSPS) is 12.6. The van der Waals surface area contributed by atoms with Crippen molar-refractivity contribution in [3.8, 4) is 0 Å². The number of alkyl halides is 2. The molecule has 1 nitrogen and oxygen atoms in total. The van der Waals surface area contributed by atoms with Gasteiger partial charge in [0.2, 0.25) is 0 Å². The SMILES string of the molecule is CC(C)(CC(CBr)CBr)[Si](O)(c1ccccc1)c1ccccc1. The summed E-state index contributed by atoms with van der Waals surface area (Å²) >= 11 is 7.22. The molecule has 0 saturated heterocycles. The quantitative estimate of drug-likeness (QED) is 0.487. The molecule has 0 spiro atoms. The first kappa shape index (κ1) is 18.9. The summed E-state index contributed by atoms with van der Waals surface area (Å²) in [5, 5.41) is 3.87.